The van der Waals surface area contributed by atoms with Gasteiger partial charge in [0.1, 0.15) is 5.82 Å². The van der Waals surface area contributed by atoms with E-state index in [4.69, 9.17) is 5.73 Å². The molecule has 1 aromatic carbocycles. The summed E-state index contributed by atoms with van der Waals surface area (Å²) in [5.41, 5.74) is 7.16. The van der Waals surface area contributed by atoms with E-state index >= 15 is 0 Å². The summed E-state index contributed by atoms with van der Waals surface area (Å²) in [7, 11) is 0. The molecule has 1 fully saturated rings. The Bertz CT molecular complexity index is 409. The lowest BCUT2D eigenvalue weighted by Gasteiger charge is -2.42. The zero-order chi connectivity index (χ0) is 13.9. The van der Waals surface area contributed by atoms with Crippen molar-refractivity contribution >= 4 is 0 Å². The number of benzene rings is 1. The second-order valence-corrected chi connectivity index (χ2v) is 6.09. The maximum absolute atomic E-state index is 13.4. The van der Waals surface area contributed by atoms with Crippen molar-refractivity contribution in [1.82, 2.24) is 4.90 Å². The number of nitrogens with zero attached hydrogens (tertiary/aromatic N) is 1. The van der Waals surface area contributed by atoms with Crippen molar-refractivity contribution in [3.8, 4) is 0 Å². The lowest BCUT2D eigenvalue weighted by atomic mass is 9.87. The van der Waals surface area contributed by atoms with E-state index < -0.39 is 0 Å². The quantitative estimate of drug-likeness (QED) is 0.905. The summed E-state index contributed by atoms with van der Waals surface area (Å²) < 4.78 is 13.4. The van der Waals surface area contributed by atoms with E-state index in [1.54, 1.807) is 12.1 Å². The number of halogens is 1. The smallest absolute Gasteiger partial charge is 0.123 e. The largest absolute Gasteiger partial charge is 0.322 e. The molecule has 2 nitrogen and oxygen atoms in total. The molecule has 3 heteroatoms. The van der Waals surface area contributed by atoms with Crippen LogP contribution >= 0.6 is 0 Å². The SMILES string of the molecule is CC(C)(C(N)c1cccc(F)c1)N1CCCCCC1. The molecule has 1 saturated heterocycles. The highest BCUT2D eigenvalue weighted by Crippen LogP contribution is 2.31. The highest BCUT2D eigenvalue weighted by molar-refractivity contribution is 5.23. The highest BCUT2D eigenvalue weighted by atomic mass is 19.1. The molecule has 0 bridgehead atoms. The van der Waals surface area contributed by atoms with Gasteiger partial charge in [-0.25, -0.2) is 4.39 Å². The molecule has 0 saturated carbocycles. The third-order valence-corrected chi connectivity index (χ3v) is 4.39. The van der Waals surface area contributed by atoms with Crippen LogP contribution in [0.2, 0.25) is 0 Å². The van der Waals surface area contributed by atoms with Gasteiger partial charge < -0.3 is 5.73 Å². The van der Waals surface area contributed by atoms with Crippen LogP contribution in [0.1, 0.15) is 51.1 Å². The first-order chi connectivity index (χ1) is 9.01. The fourth-order valence-electron chi connectivity index (χ4n) is 2.95. The molecule has 0 aromatic heterocycles. The second-order valence-electron chi connectivity index (χ2n) is 6.09. The van der Waals surface area contributed by atoms with Gasteiger partial charge in [-0.15, -0.1) is 0 Å². The summed E-state index contributed by atoms with van der Waals surface area (Å²) in [6.45, 7) is 6.54. The third kappa shape index (κ3) is 3.34. The van der Waals surface area contributed by atoms with E-state index in [9.17, 15) is 4.39 Å². The molecule has 106 valence electrons. The molecule has 1 aliphatic heterocycles. The third-order valence-electron chi connectivity index (χ3n) is 4.39. The van der Waals surface area contributed by atoms with Crippen LogP contribution in [0.5, 0.6) is 0 Å². The minimum Gasteiger partial charge on any atom is -0.322 e. The van der Waals surface area contributed by atoms with Crippen molar-refractivity contribution in [2.75, 3.05) is 13.1 Å². The van der Waals surface area contributed by atoms with Crippen molar-refractivity contribution in [3.05, 3.63) is 35.6 Å². The molecular weight excluding hydrogens is 239 g/mol. The van der Waals surface area contributed by atoms with Gasteiger partial charge in [0.15, 0.2) is 0 Å². The van der Waals surface area contributed by atoms with Crippen LogP contribution in [0, 0.1) is 5.82 Å². The van der Waals surface area contributed by atoms with Crippen LogP contribution in [0.3, 0.4) is 0 Å². The Hall–Kier alpha value is -0.930. The summed E-state index contributed by atoms with van der Waals surface area (Å²) in [5, 5.41) is 0. The maximum Gasteiger partial charge on any atom is 0.123 e. The Labute approximate surface area is 115 Å². The van der Waals surface area contributed by atoms with Gasteiger partial charge in [-0.2, -0.15) is 0 Å². The molecule has 1 aromatic rings. The first-order valence-corrected chi connectivity index (χ1v) is 7.28. The summed E-state index contributed by atoms with van der Waals surface area (Å²) in [6.07, 6.45) is 5.09. The van der Waals surface area contributed by atoms with Crippen molar-refractivity contribution in [2.24, 2.45) is 5.73 Å². The van der Waals surface area contributed by atoms with E-state index in [0.29, 0.717) is 0 Å². The minimum atomic E-state index is -0.209. The van der Waals surface area contributed by atoms with E-state index in [0.717, 1.165) is 18.7 Å². The number of hydrogen-bond donors (Lipinski definition) is 1. The summed E-state index contributed by atoms with van der Waals surface area (Å²) in [4.78, 5) is 2.47. The monoisotopic (exact) mass is 264 g/mol. The van der Waals surface area contributed by atoms with E-state index in [1.807, 2.05) is 6.07 Å². The Morgan fingerprint density at radius 3 is 2.37 bits per heavy atom. The maximum atomic E-state index is 13.4. The molecule has 0 aliphatic carbocycles. The van der Waals surface area contributed by atoms with Gasteiger partial charge in [0.2, 0.25) is 0 Å². The van der Waals surface area contributed by atoms with Gasteiger partial charge in [0.05, 0.1) is 0 Å². The molecule has 1 heterocycles. The molecule has 0 spiro atoms. The second kappa shape index (κ2) is 6.02. The molecular formula is C16H25FN2. The lowest BCUT2D eigenvalue weighted by molar-refractivity contribution is 0.0979. The Kier molecular flexibility index (Phi) is 4.58. The van der Waals surface area contributed by atoms with Crippen LogP contribution in [0.4, 0.5) is 4.39 Å². The Morgan fingerprint density at radius 2 is 1.79 bits per heavy atom. The predicted octanol–water partition coefficient (Wildman–Crippen LogP) is 3.48. The molecule has 0 amide bonds. The van der Waals surface area contributed by atoms with Crippen LogP contribution in [-0.2, 0) is 0 Å². The van der Waals surface area contributed by atoms with Crippen LogP contribution in [0.15, 0.2) is 24.3 Å². The molecule has 2 N–H and O–H groups in total. The van der Waals surface area contributed by atoms with E-state index in [1.165, 1.54) is 31.7 Å². The summed E-state index contributed by atoms with van der Waals surface area (Å²) >= 11 is 0. The fourth-order valence-corrected chi connectivity index (χ4v) is 2.95. The number of rotatable bonds is 3. The predicted molar refractivity (Wildman–Crippen MR) is 77.4 cm³/mol. The Balaban J connectivity index is 2.17. The van der Waals surface area contributed by atoms with Gasteiger partial charge >= 0.3 is 0 Å². The lowest BCUT2D eigenvalue weighted by Crippen LogP contribution is -2.51. The first kappa shape index (κ1) is 14.5. The van der Waals surface area contributed by atoms with Crippen LogP contribution in [0.25, 0.3) is 0 Å². The fraction of sp³-hybridized carbons (Fsp3) is 0.625. The van der Waals surface area contributed by atoms with Crippen LogP contribution < -0.4 is 5.73 Å². The Morgan fingerprint density at radius 1 is 1.16 bits per heavy atom. The topological polar surface area (TPSA) is 29.3 Å². The van der Waals surface area contributed by atoms with E-state index in [-0.39, 0.29) is 17.4 Å². The standard InChI is InChI=1S/C16H25FN2/c1-16(2,19-10-5-3-4-6-11-19)15(18)13-8-7-9-14(17)12-13/h7-9,12,15H,3-6,10-11,18H2,1-2H3. The number of hydrogen-bond acceptors (Lipinski definition) is 2. The molecule has 1 unspecified atom stereocenters. The summed E-state index contributed by atoms with van der Waals surface area (Å²) in [5.74, 6) is -0.209. The van der Waals surface area contributed by atoms with Gasteiger partial charge in [-0.3, -0.25) is 4.90 Å². The molecule has 1 aliphatic rings. The van der Waals surface area contributed by atoms with Gasteiger partial charge in [-0.1, -0.05) is 25.0 Å². The average Bonchev–Trinajstić information content (AvgIpc) is 2.67. The average molecular weight is 264 g/mol. The van der Waals surface area contributed by atoms with Gasteiger partial charge in [0, 0.05) is 11.6 Å². The van der Waals surface area contributed by atoms with Crippen molar-refractivity contribution in [2.45, 2.75) is 51.1 Å². The van der Waals surface area contributed by atoms with Crippen molar-refractivity contribution < 1.29 is 4.39 Å². The molecule has 1 atom stereocenters. The summed E-state index contributed by atoms with van der Waals surface area (Å²) in [6, 6.07) is 6.52. The number of nitrogens with two attached hydrogens (primary N) is 1. The zero-order valence-corrected chi connectivity index (χ0v) is 12.0. The normalized spacial score (nSPS) is 20.0. The van der Waals surface area contributed by atoms with Crippen molar-refractivity contribution in [3.63, 3.8) is 0 Å². The molecule has 2 rings (SSSR count). The molecule has 19 heavy (non-hydrogen) atoms. The van der Waals surface area contributed by atoms with Crippen LogP contribution in [-0.4, -0.2) is 23.5 Å². The van der Waals surface area contributed by atoms with Crippen molar-refractivity contribution in [1.29, 1.82) is 0 Å². The minimum absolute atomic E-state index is 0.141. The number of likely N-dealkylation sites (tertiary alicyclic amines) is 1. The first-order valence-electron chi connectivity index (χ1n) is 7.28. The van der Waals surface area contributed by atoms with E-state index in [2.05, 4.69) is 18.7 Å². The zero-order valence-electron chi connectivity index (χ0n) is 12.0. The highest BCUT2D eigenvalue weighted by Gasteiger charge is 2.34. The van der Waals surface area contributed by atoms with Gasteiger partial charge in [0.25, 0.3) is 0 Å². The molecule has 0 radical (unpaired) electrons. The van der Waals surface area contributed by atoms with Gasteiger partial charge in [-0.05, 0) is 57.5 Å².